The van der Waals surface area contributed by atoms with Crippen LogP contribution in [-0.4, -0.2) is 23.9 Å². The van der Waals surface area contributed by atoms with Crippen molar-refractivity contribution in [1.29, 1.82) is 0 Å². The minimum Gasteiger partial charge on any atom is -0.507 e. The molecule has 0 bridgehead atoms. The molecule has 3 rings (SSSR count). The molecule has 10 heteroatoms. The van der Waals surface area contributed by atoms with Gasteiger partial charge in [-0.15, -0.1) is 0 Å². The first-order chi connectivity index (χ1) is 28.2. The number of nitrogens with zero attached hydrogens (tertiary/aromatic N) is 6. The SMILES string of the molecule is CCCCCCc1c(CC)ccc(C/N=N/[Si](CCC)(/N=N/Cc2ccc(CC)c(CCCCCC)c2O)/N=N/Cc2ccc(CC)c(CCCCCC)c2O)c1O. The van der Waals surface area contributed by atoms with Crippen LogP contribution in [0.25, 0.3) is 0 Å². The van der Waals surface area contributed by atoms with Gasteiger partial charge in [0.1, 0.15) is 17.2 Å². The maximum atomic E-state index is 11.4. The number of benzene rings is 3. The van der Waals surface area contributed by atoms with Gasteiger partial charge in [-0.1, -0.05) is 149 Å². The summed E-state index contributed by atoms with van der Waals surface area (Å²) >= 11 is 0. The average Bonchev–Trinajstić information content (AvgIpc) is 3.22. The quantitative estimate of drug-likeness (QED) is 0.0366. The number of hydrogen-bond donors (Lipinski definition) is 3. The molecule has 0 spiro atoms. The number of phenolic OH excluding ortho intramolecular Hbond substituents is 3. The highest BCUT2D eigenvalue weighted by molar-refractivity contribution is 6.74. The molecule has 3 N–H and O–H groups in total. The molecular formula is C48H76N6O3Si. The molecule has 0 atom stereocenters. The number of aromatic hydroxyl groups is 3. The Morgan fingerprint density at radius 2 is 0.672 bits per heavy atom. The molecule has 0 saturated carbocycles. The zero-order valence-corrected chi connectivity index (χ0v) is 38.3. The van der Waals surface area contributed by atoms with Crippen LogP contribution in [0.5, 0.6) is 17.2 Å². The van der Waals surface area contributed by atoms with Gasteiger partial charge < -0.3 is 15.3 Å². The molecule has 0 saturated heterocycles. The van der Waals surface area contributed by atoms with Crippen molar-refractivity contribution >= 4 is 8.56 Å². The lowest BCUT2D eigenvalue weighted by molar-refractivity contribution is 0.457. The minimum absolute atomic E-state index is 0.197. The predicted molar refractivity (Wildman–Crippen MR) is 243 cm³/mol. The van der Waals surface area contributed by atoms with Gasteiger partial charge in [0, 0.05) is 22.7 Å². The smallest absolute Gasteiger partial charge is 0.490 e. The summed E-state index contributed by atoms with van der Waals surface area (Å²) in [6.45, 7) is 15.7. The molecule has 320 valence electrons. The Hall–Kier alpha value is -3.92. The van der Waals surface area contributed by atoms with Crippen LogP contribution in [0.4, 0.5) is 0 Å². The van der Waals surface area contributed by atoms with Crippen molar-refractivity contribution in [1.82, 2.24) is 0 Å². The first-order valence-corrected chi connectivity index (χ1v) is 24.9. The molecule has 0 amide bonds. The fraction of sp³-hybridized carbons (Fsp3) is 0.625. The third kappa shape index (κ3) is 14.7. The number of aryl methyl sites for hydroxylation is 3. The highest BCUT2D eigenvalue weighted by Gasteiger charge is 2.36. The van der Waals surface area contributed by atoms with Crippen LogP contribution in [-0.2, 0) is 58.2 Å². The Balaban J connectivity index is 1.99. The van der Waals surface area contributed by atoms with Gasteiger partial charge in [-0.2, -0.15) is 29.7 Å². The lowest BCUT2D eigenvalue weighted by Gasteiger charge is -2.16. The van der Waals surface area contributed by atoms with E-state index in [0.717, 1.165) is 117 Å². The first-order valence-electron chi connectivity index (χ1n) is 22.9. The molecule has 0 aromatic heterocycles. The molecule has 3 aromatic rings. The molecule has 0 radical (unpaired) electrons. The summed E-state index contributed by atoms with van der Waals surface area (Å²) in [5.41, 5.74) is 8.76. The second-order valence-corrected chi connectivity index (χ2v) is 18.5. The molecule has 0 fully saturated rings. The summed E-state index contributed by atoms with van der Waals surface area (Å²) < 4.78 is 14.6. The van der Waals surface area contributed by atoms with Crippen LogP contribution in [0.2, 0.25) is 6.04 Å². The summed E-state index contributed by atoms with van der Waals surface area (Å²) in [4.78, 5) is 0. The maximum Gasteiger partial charge on any atom is 0.490 e. The third-order valence-electron chi connectivity index (χ3n) is 11.4. The number of hydrogen-bond acceptors (Lipinski definition) is 9. The van der Waals surface area contributed by atoms with Crippen LogP contribution in [0.15, 0.2) is 66.1 Å². The topological polar surface area (TPSA) is 135 Å². The van der Waals surface area contributed by atoms with Gasteiger partial charge >= 0.3 is 8.56 Å². The Kier molecular flexibility index (Phi) is 22.5. The molecule has 0 aliphatic carbocycles. The second kappa shape index (κ2) is 27.0. The summed E-state index contributed by atoms with van der Waals surface area (Å²) in [5.74, 6) is 0.941. The van der Waals surface area contributed by atoms with Crippen LogP contribution >= 0.6 is 0 Å². The normalized spacial score (nSPS) is 12.3. The van der Waals surface area contributed by atoms with Crippen molar-refractivity contribution in [2.45, 2.75) is 196 Å². The fourth-order valence-corrected chi connectivity index (χ4v) is 9.78. The van der Waals surface area contributed by atoms with E-state index in [1.807, 2.05) is 18.2 Å². The van der Waals surface area contributed by atoms with E-state index in [-0.39, 0.29) is 19.6 Å². The molecule has 0 unspecified atom stereocenters. The Morgan fingerprint density at radius 3 is 0.931 bits per heavy atom. The number of phenols is 3. The zero-order chi connectivity index (χ0) is 42.2. The van der Waals surface area contributed by atoms with Gasteiger partial charge in [-0.3, -0.25) is 0 Å². The summed E-state index contributed by atoms with van der Waals surface area (Å²) in [5, 5.41) is 48.3. The number of rotatable bonds is 29. The van der Waals surface area contributed by atoms with Crippen molar-refractivity contribution in [2.75, 3.05) is 0 Å². The van der Waals surface area contributed by atoms with E-state index >= 15 is 0 Å². The summed E-state index contributed by atoms with van der Waals surface area (Å²) in [6, 6.07) is 12.7. The highest BCUT2D eigenvalue weighted by Crippen LogP contribution is 2.33. The van der Waals surface area contributed by atoms with Gasteiger partial charge in [0.15, 0.2) is 0 Å². The first kappa shape index (κ1) is 48.4. The van der Waals surface area contributed by atoms with E-state index in [1.54, 1.807) is 0 Å². The van der Waals surface area contributed by atoms with E-state index in [2.05, 4.69) is 82.0 Å². The highest BCUT2D eigenvalue weighted by atomic mass is 28.4. The molecule has 9 nitrogen and oxygen atoms in total. The minimum atomic E-state index is -3.36. The Morgan fingerprint density at radius 1 is 0.379 bits per heavy atom. The van der Waals surface area contributed by atoms with Crippen molar-refractivity contribution < 1.29 is 15.3 Å². The molecule has 0 aliphatic heterocycles. The fourth-order valence-electron chi connectivity index (χ4n) is 7.80. The molecule has 0 heterocycles. The lowest BCUT2D eigenvalue weighted by Crippen LogP contribution is -2.26. The van der Waals surface area contributed by atoms with Crippen molar-refractivity contribution in [3.05, 3.63) is 86.5 Å². The second-order valence-electron chi connectivity index (χ2n) is 15.8. The zero-order valence-electron chi connectivity index (χ0n) is 37.3. The van der Waals surface area contributed by atoms with Crippen molar-refractivity contribution in [3.63, 3.8) is 0 Å². The van der Waals surface area contributed by atoms with E-state index in [0.29, 0.717) is 23.3 Å². The molecule has 58 heavy (non-hydrogen) atoms. The van der Waals surface area contributed by atoms with Crippen molar-refractivity contribution in [3.8, 4) is 17.2 Å². The average molecular weight is 813 g/mol. The summed E-state index contributed by atoms with van der Waals surface area (Å²) in [6.07, 6.45) is 19.5. The van der Waals surface area contributed by atoms with Crippen LogP contribution in [0.3, 0.4) is 0 Å². The monoisotopic (exact) mass is 813 g/mol. The molecular weight excluding hydrogens is 737 g/mol. The lowest BCUT2D eigenvalue weighted by atomic mass is 9.95. The Bertz CT molecular complexity index is 1560. The van der Waals surface area contributed by atoms with Crippen LogP contribution in [0.1, 0.15) is 182 Å². The summed E-state index contributed by atoms with van der Waals surface area (Å²) in [7, 11) is -3.36. The van der Waals surface area contributed by atoms with Crippen molar-refractivity contribution in [2.24, 2.45) is 29.7 Å². The Labute approximate surface area is 352 Å². The molecule has 3 aromatic carbocycles. The van der Waals surface area contributed by atoms with Crippen LogP contribution in [0, 0.1) is 0 Å². The largest absolute Gasteiger partial charge is 0.507 e. The van der Waals surface area contributed by atoms with Gasteiger partial charge in [0.2, 0.25) is 0 Å². The number of unbranched alkanes of at least 4 members (excludes halogenated alkanes) is 9. The van der Waals surface area contributed by atoms with Gasteiger partial charge in [-0.05, 0) is 91.2 Å². The van der Waals surface area contributed by atoms with Gasteiger partial charge in [-0.25, -0.2) is 0 Å². The van der Waals surface area contributed by atoms with Gasteiger partial charge in [0.25, 0.3) is 0 Å². The maximum absolute atomic E-state index is 11.4. The van der Waals surface area contributed by atoms with E-state index < -0.39 is 8.56 Å². The predicted octanol–water partition coefficient (Wildman–Crippen LogP) is 14.5. The van der Waals surface area contributed by atoms with Crippen LogP contribution < -0.4 is 0 Å². The standard InChI is InChI=1S/C48H76N6O3Si/c1-8-15-18-21-24-43-37(12-5)27-30-40(46(43)55)34-49-52-58(33-11-4,53-50-35-41-31-28-38(13-6)44(47(41)56)25-22-19-16-9-2)54-51-36-42-32-29-39(14-7)45(48(42)57)26-23-20-17-10-3/h27-32,55-57H,8-26,33-36H2,1-7H3/b52-49+,53-50+,54-51+. The van der Waals surface area contributed by atoms with E-state index in [4.69, 9.17) is 14.3 Å². The third-order valence-corrected chi connectivity index (χ3v) is 13.9. The molecule has 0 aliphatic rings. The van der Waals surface area contributed by atoms with E-state index in [1.165, 1.54) is 55.2 Å². The van der Waals surface area contributed by atoms with Gasteiger partial charge in [0.05, 0.1) is 19.6 Å². The van der Waals surface area contributed by atoms with E-state index in [9.17, 15) is 15.3 Å².